The lowest BCUT2D eigenvalue weighted by atomic mass is 10.2. The minimum Gasteiger partial charge on any atom is -0.481 e. The first-order valence-corrected chi connectivity index (χ1v) is 7.25. The van der Waals surface area contributed by atoms with Gasteiger partial charge in [-0.15, -0.1) is 11.3 Å². The fourth-order valence-corrected chi connectivity index (χ4v) is 2.50. The van der Waals surface area contributed by atoms with E-state index in [1.807, 2.05) is 45.0 Å². The molecule has 106 valence electrons. The summed E-state index contributed by atoms with van der Waals surface area (Å²) >= 11 is 1.47. The molecule has 5 heteroatoms. The Kier molecular flexibility index (Phi) is 4.39. The van der Waals surface area contributed by atoms with Crippen LogP contribution < -0.4 is 10.1 Å². The number of thiazole rings is 1. The van der Waals surface area contributed by atoms with Crippen LogP contribution in [0, 0.1) is 20.8 Å². The number of hydrogen-bond donors (Lipinski definition) is 1. The van der Waals surface area contributed by atoms with E-state index < -0.39 is 6.10 Å². The topological polar surface area (TPSA) is 51.2 Å². The van der Waals surface area contributed by atoms with Gasteiger partial charge in [0.1, 0.15) is 5.75 Å². The van der Waals surface area contributed by atoms with Crippen LogP contribution in [0.5, 0.6) is 5.75 Å². The quantitative estimate of drug-likeness (QED) is 0.938. The van der Waals surface area contributed by atoms with Crippen molar-refractivity contribution in [3.63, 3.8) is 0 Å². The van der Waals surface area contributed by atoms with Crippen LogP contribution in [-0.4, -0.2) is 17.0 Å². The van der Waals surface area contributed by atoms with Gasteiger partial charge in [0.25, 0.3) is 5.91 Å². The number of hydrogen-bond acceptors (Lipinski definition) is 4. The van der Waals surface area contributed by atoms with Gasteiger partial charge in [-0.2, -0.15) is 0 Å². The molecule has 0 aliphatic heterocycles. The van der Waals surface area contributed by atoms with Crippen LogP contribution in [0.1, 0.15) is 23.1 Å². The average Bonchev–Trinajstić information content (AvgIpc) is 2.68. The molecule has 1 amide bonds. The zero-order valence-electron chi connectivity index (χ0n) is 12.1. The number of aryl methyl sites for hydroxylation is 3. The Labute approximate surface area is 122 Å². The molecular formula is C15H18N2O2S. The highest BCUT2D eigenvalue weighted by Gasteiger charge is 2.16. The first-order chi connectivity index (χ1) is 9.45. The number of carbonyl (C=O) groups excluding carboxylic acids is 1. The van der Waals surface area contributed by atoms with Crippen LogP contribution in [0.15, 0.2) is 24.3 Å². The molecule has 0 aliphatic rings. The lowest BCUT2D eigenvalue weighted by Crippen LogP contribution is -2.30. The molecule has 1 aromatic heterocycles. The molecule has 20 heavy (non-hydrogen) atoms. The molecule has 1 heterocycles. The van der Waals surface area contributed by atoms with Crippen LogP contribution in [0.25, 0.3) is 0 Å². The number of rotatable bonds is 4. The van der Waals surface area contributed by atoms with Gasteiger partial charge in [-0.1, -0.05) is 12.1 Å². The second kappa shape index (κ2) is 6.05. The molecule has 0 aliphatic carbocycles. The predicted octanol–water partition coefficient (Wildman–Crippen LogP) is 3.47. The molecule has 1 unspecified atom stereocenters. The normalized spacial score (nSPS) is 12.0. The van der Waals surface area contributed by atoms with Gasteiger partial charge in [-0.25, -0.2) is 4.98 Å². The maximum atomic E-state index is 12.1. The Morgan fingerprint density at radius 1 is 1.35 bits per heavy atom. The summed E-state index contributed by atoms with van der Waals surface area (Å²) in [5, 5.41) is 3.40. The van der Waals surface area contributed by atoms with E-state index in [1.54, 1.807) is 6.92 Å². The Balaban J connectivity index is 1.98. The van der Waals surface area contributed by atoms with Crippen molar-refractivity contribution in [1.82, 2.24) is 4.98 Å². The van der Waals surface area contributed by atoms with Gasteiger partial charge >= 0.3 is 0 Å². The lowest BCUT2D eigenvalue weighted by Gasteiger charge is -2.14. The maximum Gasteiger partial charge on any atom is 0.266 e. The number of carbonyl (C=O) groups is 1. The Morgan fingerprint density at radius 2 is 2.10 bits per heavy atom. The molecule has 4 nitrogen and oxygen atoms in total. The summed E-state index contributed by atoms with van der Waals surface area (Å²) in [6.45, 7) is 7.62. The second-order valence-corrected chi connectivity index (χ2v) is 5.93. The highest BCUT2D eigenvalue weighted by atomic mass is 32.1. The van der Waals surface area contributed by atoms with Gasteiger partial charge in [0.05, 0.1) is 5.69 Å². The largest absolute Gasteiger partial charge is 0.481 e. The summed E-state index contributed by atoms with van der Waals surface area (Å²) in [6, 6.07) is 7.64. The predicted molar refractivity (Wildman–Crippen MR) is 81.5 cm³/mol. The standard InChI is InChI=1S/C15H18N2O2S/c1-9-6-5-7-13(8-9)19-11(3)14(18)17-15-16-10(2)12(4)20-15/h5-8,11H,1-4H3,(H,16,17,18). The minimum atomic E-state index is -0.568. The first kappa shape index (κ1) is 14.5. The molecule has 0 saturated heterocycles. The third-order valence-corrected chi connectivity index (χ3v) is 3.92. The fourth-order valence-electron chi connectivity index (χ4n) is 1.68. The number of anilines is 1. The van der Waals surface area contributed by atoms with E-state index in [4.69, 9.17) is 4.74 Å². The van der Waals surface area contributed by atoms with E-state index >= 15 is 0 Å². The molecule has 0 spiro atoms. The summed E-state index contributed by atoms with van der Waals surface area (Å²) in [4.78, 5) is 17.4. The molecule has 0 bridgehead atoms. The van der Waals surface area contributed by atoms with Crippen molar-refractivity contribution >= 4 is 22.4 Å². The SMILES string of the molecule is Cc1cccc(OC(C)C(=O)Nc2nc(C)c(C)s2)c1. The number of ether oxygens (including phenoxy) is 1. The summed E-state index contributed by atoms with van der Waals surface area (Å²) in [5.41, 5.74) is 2.04. The van der Waals surface area contributed by atoms with Crippen molar-refractivity contribution in [1.29, 1.82) is 0 Å². The molecule has 0 radical (unpaired) electrons. The number of benzene rings is 1. The van der Waals surface area contributed by atoms with Crippen molar-refractivity contribution in [3.8, 4) is 5.75 Å². The van der Waals surface area contributed by atoms with E-state index in [-0.39, 0.29) is 5.91 Å². The lowest BCUT2D eigenvalue weighted by molar-refractivity contribution is -0.122. The monoisotopic (exact) mass is 290 g/mol. The van der Waals surface area contributed by atoms with Crippen molar-refractivity contribution in [2.75, 3.05) is 5.32 Å². The molecule has 0 saturated carbocycles. The van der Waals surface area contributed by atoms with Crippen LogP contribution in [-0.2, 0) is 4.79 Å². The van der Waals surface area contributed by atoms with Crippen LogP contribution in [0.4, 0.5) is 5.13 Å². The summed E-state index contributed by atoms with van der Waals surface area (Å²) in [5.74, 6) is 0.499. The maximum absolute atomic E-state index is 12.1. The zero-order chi connectivity index (χ0) is 14.7. The Morgan fingerprint density at radius 3 is 2.70 bits per heavy atom. The van der Waals surface area contributed by atoms with E-state index in [0.717, 1.165) is 16.1 Å². The van der Waals surface area contributed by atoms with Crippen molar-refractivity contribution in [3.05, 3.63) is 40.4 Å². The first-order valence-electron chi connectivity index (χ1n) is 6.44. The summed E-state index contributed by atoms with van der Waals surface area (Å²) < 4.78 is 5.63. The van der Waals surface area contributed by atoms with Crippen LogP contribution in [0.2, 0.25) is 0 Å². The molecule has 1 N–H and O–H groups in total. The Bertz CT molecular complexity index is 603. The van der Waals surface area contributed by atoms with E-state index in [9.17, 15) is 4.79 Å². The molecule has 1 aromatic carbocycles. The van der Waals surface area contributed by atoms with Gasteiger partial charge in [-0.3, -0.25) is 10.1 Å². The third-order valence-electron chi connectivity index (χ3n) is 2.93. The molecular weight excluding hydrogens is 272 g/mol. The van der Waals surface area contributed by atoms with Crippen LogP contribution >= 0.6 is 11.3 Å². The Hall–Kier alpha value is -1.88. The van der Waals surface area contributed by atoms with Crippen molar-refractivity contribution in [2.24, 2.45) is 0 Å². The fraction of sp³-hybridized carbons (Fsp3) is 0.333. The van der Waals surface area contributed by atoms with E-state index in [1.165, 1.54) is 11.3 Å². The van der Waals surface area contributed by atoms with E-state index in [0.29, 0.717) is 10.9 Å². The van der Waals surface area contributed by atoms with Gasteiger partial charge in [0, 0.05) is 4.88 Å². The molecule has 0 fully saturated rings. The van der Waals surface area contributed by atoms with Crippen LogP contribution in [0.3, 0.4) is 0 Å². The molecule has 1 atom stereocenters. The van der Waals surface area contributed by atoms with Crippen molar-refractivity contribution in [2.45, 2.75) is 33.8 Å². The number of aromatic nitrogens is 1. The minimum absolute atomic E-state index is 0.194. The van der Waals surface area contributed by atoms with E-state index in [2.05, 4.69) is 10.3 Å². The summed E-state index contributed by atoms with van der Waals surface area (Å²) in [6.07, 6.45) is -0.568. The van der Waals surface area contributed by atoms with Gasteiger partial charge in [0.15, 0.2) is 11.2 Å². The highest BCUT2D eigenvalue weighted by molar-refractivity contribution is 7.15. The van der Waals surface area contributed by atoms with Gasteiger partial charge in [-0.05, 0) is 45.4 Å². The van der Waals surface area contributed by atoms with Gasteiger partial charge in [0.2, 0.25) is 0 Å². The zero-order valence-corrected chi connectivity index (χ0v) is 12.9. The number of nitrogens with zero attached hydrogens (tertiary/aromatic N) is 1. The van der Waals surface area contributed by atoms with Crippen molar-refractivity contribution < 1.29 is 9.53 Å². The van der Waals surface area contributed by atoms with Gasteiger partial charge < -0.3 is 4.74 Å². The highest BCUT2D eigenvalue weighted by Crippen LogP contribution is 2.21. The second-order valence-electron chi connectivity index (χ2n) is 4.73. The summed E-state index contributed by atoms with van der Waals surface area (Å²) in [7, 11) is 0. The molecule has 2 rings (SSSR count). The number of amides is 1. The smallest absolute Gasteiger partial charge is 0.266 e. The third kappa shape index (κ3) is 3.57. The number of nitrogens with one attached hydrogen (secondary N) is 1. The average molecular weight is 290 g/mol. The molecule has 2 aromatic rings.